The molecule has 0 spiro atoms. The van der Waals surface area contributed by atoms with Crippen LogP contribution in [0.3, 0.4) is 0 Å². The van der Waals surface area contributed by atoms with Crippen LogP contribution in [0.1, 0.15) is 40.1 Å². The molecule has 0 aliphatic carbocycles. The second-order valence-electron chi connectivity index (χ2n) is 5.72. The number of aromatic carboxylic acids is 1. The summed E-state index contributed by atoms with van der Waals surface area (Å²) >= 11 is 0. The van der Waals surface area contributed by atoms with Crippen LogP contribution in [0, 0.1) is 0 Å². The minimum absolute atomic E-state index is 0.00468. The zero-order chi connectivity index (χ0) is 16.6. The maximum Gasteiger partial charge on any atom is 0.335 e. The number of hydrogen-bond acceptors (Lipinski definition) is 3. The fourth-order valence-electron chi connectivity index (χ4n) is 2.77. The van der Waals surface area contributed by atoms with Crippen molar-refractivity contribution in [3.8, 4) is 0 Å². The zero-order valence-corrected chi connectivity index (χ0v) is 12.7. The Hall–Kier alpha value is -2.66. The molecule has 1 atom stereocenters. The number of carboxylic acid groups (broad SMARTS) is 1. The number of carbonyl (C=O) groups excluding carboxylic acids is 1. The van der Waals surface area contributed by atoms with Gasteiger partial charge in [-0.2, -0.15) is 0 Å². The van der Waals surface area contributed by atoms with Crippen LogP contribution >= 0.6 is 0 Å². The van der Waals surface area contributed by atoms with Crippen molar-refractivity contribution in [1.82, 2.24) is 0 Å². The van der Waals surface area contributed by atoms with Gasteiger partial charge in [0.15, 0.2) is 0 Å². The topological polar surface area (TPSA) is 77.8 Å². The number of carboxylic acids is 1. The fourth-order valence-corrected chi connectivity index (χ4v) is 2.77. The van der Waals surface area contributed by atoms with Crippen LogP contribution in [0.25, 0.3) is 0 Å². The molecule has 1 amide bonds. The van der Waals surface area contributed by atoms with Gasteiger partial charge < -0.3 is 15.1 Å². The Kier molecular flexibility index (Phi) is 3.88. The van der Waals surface area contributed by atoms with Gasteiger partial charge in [0, 0.05) is 5.69 Å². The van der Waals surface area contributed by atoms with E-state index in [0.717, 1.165) is 22.4 Å². The molecular formula is C18H17NO4. The molecular weight excluding hydrogens is 294 g/mol. The van der Waals surface area contributed by atoms with Gasteiger partial charge in [-0.3, -0.25) is 4.79 Å². The number of aliphatic hydroxyl groups excluding tert-OH is 1. The second kappa shape index (κ2) is 5.85. The molecule has 118 valence electrons. The summed E-state index contributed by atoms with van der Waals surface area (Å²) in [6, 6.07) is 12.1. The maximum absolute atomic E-state index is 12.3. The van der Waals surface area contributed by atoms with Gasteiger partial charge in [-0.05, 0) is 41.8 Å². The predicted octanol–water partition coefficient (Wildman–Crippen LogP) is 2.53. The van der Waals surface area contributed by atoms with Gasteiger partial charge >= 0.3 is 5.97 Å². The van der Waals surface area contributed by atoms with E-state index in [4.69, 9.17) is 5.11 Å². The Morgan fingerprint density at radius 3 is 2.52 bits per heavy atom. The van der Waals surface area contributed by atoms with Crippen molar-refractivity contribution in [2.45, 2.75) is 26.0 Å². The molecule has 1 aliphatic heterocycles. The number of aliphatic hydroxyl groups is 1. The number of anilines is 1. The number of fused-ring (bicyclic) bond motifs is 1. The van der Waals surface area contributed by atoms with Crippen molar-refractivity contribution in [3.05, 3.63) is 64.7 Å². The smallest absolute Gasteiger partial charge is 0.335 e. The number of amides is 1. The third-order valence-corrected chi connectivity index (χ3v) is 4.06. The van der Waals surface area contributed by atoms with E-state index in [1.165, 1.54) is 12.1 Å². The van der Waals surface area contributed by atoms with E-state index in [-0.39, 0.29) is 11.5 Å². The van der Waals surface area contributed by atoms with Crippen molar-refractivity contribution >= 4 is 17.6 Å². The molecule has 2 N–H and O–H groups in total. The van der Waals surface area contributed by atoms with Crippen LogP contribution in [0.4, 0.5) is 5.69 Å². The predicted molar refractivity (Wildman–Crippen MR) is 85.4 cm³/mol. The molecule has 0 aromatic heterocycles. The first-order valence-electron chi connectivity index (χ1n) is 7.39. The molecule has 0 radical (unpaired) electrons. The lowest BCUT2D eigenvalue weighted by atomic mass is 10.0. The van der Waals surface area contributed by atoms with E-state index in [1.54, 1.807) is 24.0 Å². The summed E-state index contributed by atoms with van der Waals surface area (Å²) < 4.78 is 0. The van der Waals surface area contributed by atoms with Crippen molar-refractivity contribution in [2.75, 3.05) is 4.90 Å². The number of nitrogens with zero attached hydrogens (tertiary/aromatic N) is 1. The Bertz CT molecular complexity index is 765. The molecule has 0 bridgehead atoms. The van der Waals surface area contributed by atoms with E-state index in [1.807, 2.05) is 18.2 Å². The van der Waals surface area contributed by atoms with Crippen LogP contribution in [0.15, 0.2) is 42.5 Å². The minimum atomic E-state index is -0.968. The highest BCUT2D eigenvalue weighted by molar-refractivity contribution is 6.01. The van der Waals surface area contributed by atoms with Crippen molar-refractivity contribution in [3.63, 3.8) is 0 Å². The van der Waals surface area contributed by atoms with Crippen LogP contribution in [0.2, 0.25) is 0 Å². The van der Waals surface area contributed by atoms with Gasteiger partial charge in [-0.1, -0.05) is 24.3 Å². The molecule has 2 aromatic carbocycles. The average Bonchev–Trinajstić information content (AvgIpc) is 2.83. The average molecular weight is 311 g/mol. The summed E-state index contributed by atoms with van der Waals surface area (Å²) in [4.78, 5) is 24.8. The van der Waals surface area contributed by atoms with Gasteiger partial charge in [-0.25, -0.2) is 4.79 Å². The quantitative estimate of drug-likeness (QED) is 0.909. The molecule has 0 saturated heterocycles. The van der Waals surface area contributed by atoms with Crippen LogP contribution in [-0.2, 0) is 17.8 Å². The number of carbonyl (C=O) groups is 2. The Morgan fingerprint density at radius 2 is 1.91 bits per heavy atom. The zero-order valence-electron chi connectivity index (χ0n) is 12.7. The van der Waals surface area contributed by atoms with E-state index in [2.05, 4.69) is 0 Å². The number of benzene rings is 2. The van der Waals surface area contributed by atoms with Crippen LogP contribution in [0.5, 0.6) is 0 Å². The van der Waals surface area contributed by atoms with E-state index < -0.39 is 12.1 Å². The largest absolute Gasteiger partial charge is 0.478 e. The summed E-state index contributed by atoms with van der Waals surface area (Å²) in [5, 5.41) is 18.6. The third-order valence-electron chi connectivity index (χ3n) is 4.06. The molecule has 0 saturated carbocycles. The van der Waals surface area contributed by atoms with Crippen LogP contribution < -0.4 is 4.90 Å². The maximum atomic E-state index is 12.3. The molecule has 2 aromatic rings. The highest BCUT2D eigenvalue weighted by Gasteiger charge is 2.27. The Labute approximate surface area is 133 Å². The molecule has 0 fully saturated rings. The summed E-state index contributed by atoms with van der Waals surface area (Å²) in [6.45, 7) is 2.10. The lowest BCUT2D eigenvalue weighted by Gasteiger charge is -2.18. The standard InChI is InChI=1S/C18H17NO4/c1-11(20)14-6-7-16-15(8-14)9-17(21)19(16)10-12-2-4-13(5-3-12)18(22)23/h2-8,11,20H,9-10H2,1H3,(H,22,23). The first-order chi connectivity index (χ1) is 11.0. The van der Waals surface area contributed by atoms with Crippen molar-refractivity contribution in [2.24, 2.45) is 0 Å². The minimum Gasteiger partial charge on any atom is -0.478 e. The van der Waals surface area contributed by atoms with Crippen LogP contribution in [-0.4, -0.2) is 22.1 Å². The van der Waals surface area contributed by atoms with E-state index in [0.29, 0.717) is 13.0 Å². The van der Waals surface area contributed by atoms with Crippen molar-refractivity contribution < 1.29 is 19.8 Å². The third kappa shape index (κ3) is 2.96. The van der Waals surface area contributed by atoms with Gasteiger partial charge in [0.05, 0.1) is 24.6 Å². The summed E-state index contributed by atoms with van der Waals surface area (Å²) in [7, 11) is 0. The highest BCUT2D eigenvalue weighted by Crippen LogP contribution is 2.32. The lowest BCUT2D eigenvalue weighted by Crippen LogP contribution is -2.26. The fraction of sp³-hybridized carbons (Fsp3) is 0.222. The van der Waals surface area contributed by atoms with E-state index >= 15 is 0 Å². The molecule has 5 nitrogen and oxygen atoms in total. The molecule has 23 heavy (non-hydrogen) atoms. The summed E-state index contributed by atoms with van der Waals surface area (Å²) in [6.07, 6.45) is -0.240. The first kappa shape index (κ1) is 15.2. The SMILES string of the molecule is CC(O)c1ccc2c(c1)CC(=O)N2Cc1ccc(C(=O)O)cc1. The van der Waals surface area contributed by atoms with Gasteiger partial charge in [0.25, 0.3) is 0 Å². The number of rotatable bonds is 4. The summed E-state index contributed by atoms with van der Waals surface area (Å²) in [5.41, 5.74) is 3.65. The Balaban J connectivity index is 1.84. The number of hydrogen-bond donors (Lipinski definition) is 2. The molecule has 1 unspecified atom stereocenters. The van der Waals surface area contributed by atoms with Gasteiger partial charge in [-0.15, -0.1) is 0 Å². The molecule has 1 heterocycles. The summed E-state index contributed by atoms with van der Waals surface area (Å²) in [5.74, 6) is -0.963. The normalized spacial score (nSPS) is 14.7. The second-order valence-corrected chi connectivity index (χ2v) is 5.72. The molecule has 1 aliphatic rings. The monoisotopic (exact) mass is 311 g/mol. The first-order valence-corrected chi connectivity index (χ1v) is 7.39. The van der Waals surface area contributed by atoms with Gasteiger partial charge in [0.1, 0.15) is 0 Å². The Morgan fingerprint density at radius 1 is 1.22 bits per heavy atom. The lowest BCUT2D eigenvalue weighted by molar-refractivity contribution is -0.117. The molecule has 3 rings (SSSR count). The van der Waals surface area contributed by atoms with Crippen molar-refractivity contribution in [1.29, 1.82) is 0 Å². The molecule has 5 heteroatoms. The van der Waals surface area contributed by atoms with E-state index in [9.17, 15) is 14.7 Å². The van der Waals surface area contributed by atoms with Gasteiger partial charge in [0.2, 0.25) is 5.91 Å². The highest BCUT2D eigenvalue weighted by atomic mass is 16.4.